The van der Waals surface area contributed by atoms with Crippen molar-refractivity contribution in [3.05, 3.63) is 17.0 Å². The van der Waals surface area contributed by atoms with Gasteiger partial charge in [0.05, 0.1) is 17.2 Å². The van der Waals surface area contributed by atoms with Crippen LogP contribution < -0.4 is 11.1 Å². The number of nitrogens with one attached hydrogen (secondary N) is 1. The summed E-state index contributed by atoms with van der Waals surface area (Å²) in [6.07, 6.45) is 1.93. The number of anilines is 2. The zero-order valence-corrected chi connectivity index (χ0v) is 12.5. The fourth-order valence-electron chi connectivity index (χ4n) is 1.33. The van der Waals surface area contributed by atoms with E-state index in [1.807, 2.05) is 13.2 Å². The van der Waals surface area contributed by atoms with Crippen LogP contribution in [0, 0.1) is 0 Å². The maximum atomic E-state index is 11.7. The number of carbonyl (C=O) groups is 1. The van der Waals surface area contributed by atoms with E-state index in [2.05, 4.69) is 11.9 Å². The Kier molecular flexibility index (Phi) is 5.55. The number of nitrogen functional groups attached to an aromatic ring is 1. The molecule has 4 nitrogen and oxygen atoms in total. The molecule has 3 N–H and O–H groups in total. The summed E-state index contributed by atoms with van der Waals surface area (Å²) in [7, 11) is 0. The molecule has 0 aromatic carbocycles. The Hall–Kier alpha value is -1.14. The molecule has 0 spiro atoms. The second-order valence-electron chi connectivity index (χ2n) is 3.74. The van der Waals surface area contributed by atoms with Crippen molar-refractivity contribution in [1.82, 2.24) is 0 Å². The van der Waals surface area contributed by atoms with Crippen molar-refractivity contribution in [2.24, 2.45) is 0 Å². The molecule has 1 aromatic heterocycles. The fourth-order valence-corrected chi connectivity index (χ4v) is 3.25. The van der Waals surface area contributed by atoms with E-state index in [1.54, 1.807) is 6.92 Å². The van der Waals surface area contributed by atoms with Gasteiger partial charge in [-0.3, -0.25) is 0 Å². The predicted octanol–water partition coefficient (Wildman–Crippen LogP) is 3.22. The molecule has 0 saturated carbocycles. The maximum Gasteiger partial charge on any atom is 0.350 e. The van der Waals surface area contributed by atoms with E-state index in [4.69, 9.17) is 10.5 Å². The van der Waals surface area contributed by atoms with E-state index < -0.39 is 0 Å². The summed E-state index contributed by atoms with van der Waals surface area (Å²) in [6, 6.07) is 0. The van der Waals surface area contributed by atoms with Gasteiger partial charge in [0, 0.05) is 6.54 Å². The highest BCUT2D eigenvalue weighted by atomic mass is 32.2. The summed E-state index contributed by atoms with van der Waals surface area (Å²) in [6.45, 7) is 8.56. The first-order valence-corrected chi connectivity index (χ1v) is 7.57. The minimum Gasteiger partial charge on any atom is -0.462 e. The van der Waals surface area contributed by atoms with Crippen LogP contribution >= 0.6 is 23.1 Å². The molecule has 6 heteroatoms. The van der Waals surface area contributed by atoms with Crippen LogP contribution in [0.15, 0.2) is 17.0 Å². The molecule has 0 aliphatic carbocycles. The zero-order chi connectivity index (χ0) is 13.7. The zero-order valence-electron chi connectivity index (χ0n) is 10.8. The van der Waals surface area contributed by atoms with Crippen molar-refractivity contribution in [2.45, 2.75) is 18.7 Å². The summed E-state index contributed by atoms with van der Waals surface area (Å²) < 4.78 is 4.98. The third-order valence-corrected chi connectivity index (χ3v) is 4.22. The van der Waals surface area contributed by atoms with Gasteiger partial charge in [-0.25, -0.2) is 4.79 Å². The van der Waals surface area contributed by atoms with E-state index in [0.717, 1.165) is 15.5 Å². The van der Waals surface area contributed by atoms with Crippen molar-refractivity contribution < 1.29 is 9.53 Å². The number of carbonyl (C=O) groups excluding carboxylic acids is 1. The Morgan fingerprint density at radius 1 is 1.61 bits per heavy atom. The normalized spacial score (nSPS) is 10.2. The molecular weight excluding hydrogens is 268 g/mol. The van der Waals surface area contributed by atoms with Gasteiger partial charge in [0.1, 0.15) is 9.88 Å². The highest BCUT2D eigenvalue weighted by molar-refractivity contribution is 7.99. The molecule has 100 valence electrons. The number of ether oxygens (including phenoxy) is 1. The molecule has 1 heterocycles. The lowest BCUT2D eigenvalue weighted by molar-refractivity contribution is 0.0533. The minimum atomic E-state index is -0.362. The number of nitrogens with two attached hydrogens (primary N) is 1. The summed E-state index contributed by atoms with van der Waals surface area (Å²) >= 11 is 2.84. The Morgan fingerprint density at radius 3 is 2.78 bits per heavy atom. The van der Waals surface area contributed by atoms with Gasteiger partial charge in [-0.2, -0.15) is 0 Å². The van der Waals surface area contributed by atoms with Gasteiger partial charge in [0.2, 0.25) is 0 Å². The SMILES string of the molecule is C=C(C)CNc1sc(C(=O)OCC)c(N)c1SC. The van der Waals surface area contributed by atoms with Gasteiger partial charge in [0.15, 0.2) is 0 Å². The van der Waals surface area contributed by atoms with E-state index in [0.29, 0.717) is 23.7 Å². The van der Waals surface area contributed by atoms with Crippen LogP contribution in [-0.2, 0) is 4.74 Å². The fraction of sp³-hybridized carbons (Fsp3) is 0.417. The first-order chi connectivity index (χ1) is 8.51. The quantitative estimate of drug-likeness (QED) is 0.477. The number of hydrogen-bond acceptors (Lipinski definition) is 6. The second kappa shape index (κ2) is 6.70. The van der Waals surface area contributed by atoms with Crippen molar-refractivity contribution in [3.63, 3.8) is 0 Å². The van der Waals surface area contributed by atoms with Gasteiger partial charge in [-0.15, -0.1) is 23.1 Å². The lowest BCUT2D eigenvalue weighted by Gasteiger charge is -2.05. The molecule has 0 saturated heterocycles. The van der Waals surface area contributed by atoms with Gasteiger partial charge >= 0.3 is 5.97 Å². The van der Waals surface area contributed by atoms with Crippen LogP contribution in [0.3, 0.4) is 0 Å². The van der Waals surface area contributed by atoms with Crippen LogP contribution in [0.25, 0.3) is 0 Å². The van der Waals surface area contributed by atoms with Crippen LogP contribution in [0.5, 0.6) is 0 Å². The van der Waals surface area contributed by atoms with E-state index in [1.165, 1.54) is 23.1 Å². The van der Waals surface area contributed by atoms with E-state index in [-0.39, 0.29) is 5.97 Å². The maximum absolute atomic E-state index is 11.7. The first-order valence-electron chi connectivity index (χ1n) is 5.52. The lowest BCUT2D eigenvalue weighted by atomic mass is 10.3. The predicted molar refractivity (Wildman–Crippen MR) is 79.8 cm³/mol. The molecular formula is C12H18N2O2S2. The summed E-state index contributed by atoms with van der Waals surface area (Å²) in [5.41, 5.74) is 7.49. The van der Waals surface area contributed by atoms with Crippen LogP contribution in [0.4, 0.5) is 10.7 Å². The molecule has 0 amide bonds. The number of rotatable bonds is 6. The van der Waals surface area contributed by atoms with E-state index >= 15 is 0 Å². The molecule has 0 bridgehead atoms. The van der Waals surface area contributed by atoms with Gasteiger partial charge in [0.25, 0.3) is 0 Å². The molecule has 18 heavy (non-hydrogen) atoms. The highest BCUT2D eigenvalue weighted by Crippen LogP contribution is 2.41. The number of thiophene rings is 1. The molecule has 0 unspecified atom stereocenters. The Bertz CT molecular complexity index is 455. The first kappa shape index (κ1) is 14.9. The van der Waals surface area contributed by atoms with Crippen molar-refractivity contribution >= 4 is 39.8 Å². The third kappa shape index (κ3) is 3.43. The highest BCUT2D eigenvalue weighted by Gasteiger charge is 2.21. The Labute approximate surface area is 116 Å². The molecule has 1 rings (SSSR count). The van der Waals surface area contributed by atoms with E-state index in [9.17, 15) is 4.79 Å². The topological polar surface area (TPSA) is 64.3 Å². The van der Waals surface area contributed by atoms with Gasteiger partial charge < -0.3 is 15.8 Å². The monoisotopic (exact) mass is 286 g/mol. The third-order valence-electron chi connectivity index (χ3n) is 2.12. The molecule has 0 aliphatic heterocycles. The minimum absolute atomic E-state index is 0.347. The van der Waals surface area contributed by atoms with Gasteiger partial charge in [-0.1, -0.05) is 12.2 Å². The summed E-state index contributed by atoms with van der Waals surface area (Å²) in [5, 5.41) is 4.13. The molecule has 0 fully saturated rings. The Balaban J connectivity index is 3.00. The lowest BCUT2D eigenvalue weighted by Crippen LogP contribution is -2.04. The average molecular weight is 286 g/mol. The molecule has 1 aromatic rings. The molecule has 0 atom stereocenters. The average Bonchev–Trinajstić information content (AvgIpc) is 2.63. The second-order valence-corrected chi connectivity index (χ2v) is 5.58. The van der Waals surface area contributed by atoms with Crippen LogP contribution in [-0.4, -0.2) is 25.4 Å². The Morgan fingerprint density at radius 2 is 2.28 bits per heavy atom. The largest absolute Gasteiger partial charge is 0.462 e. The number of esters is 1. The standard InChI is InChI=1S/C12H18N2O2S2/c1-5-16-12(15)10-8(13)9(17-4)11(18-10)14-6-7(2)3/h14H,2,5-6,13H2,1,3-4H3. The van der Waals surface area contributed by atoms with Crippen LogP contribution in [0.1, 0.15) is 23.5 Å². The van der Waals surface area contributed by atoms with Crippen LogP contribution in [0.2, 0.25) is 0 Å². The summed E-state index contributed by atoms with van der Waals surface area (Å²) in [5.74, 6) is -0.362. The number of hydrogen-bond donors (Lipinski definition) is 2. The van der Waals surface area contributed by atoms with Crippen molar-refractivity contribution in [2.75, 3.05) is 30.5 Å². The molecule has 0 radical (unpaired) electrons. The summed E-state index contributed by atoms with van der Waals surface area (Å²) in [4.78, 5) is 13.1. The number of thioether (sulfide) groups is 1. The smallest absolute Gasteiger partial charge is 0.350 e. The van der Waals surface area contributed by atoms with Crippen molar-refractivity contribution in [3.8, 4) is 0 Å². The van der Waals surface area contributed by atoms with Crippen molar-refractivity contribution in [1.29, 1.82) is 0 Å². The van der Waals surface area contributed by atoms with Gasteiger partial charge in [-0.05, 0) is 20.1 Å². The molecule has 0 aliphatic rings.